The first-order valence-corrected chi connectivity index (χ1v) is 10.3. The van der Waals surface area contributed by atoms with Crippen LogP contribution in [0, 0.1) is 0 Å². The second-order valence-electron chi connectivity index (χ2n) is 5.26. The molecule has 0 aromatic carbocycles. The molecule has 6 nitrogen and oxygen atoms in total. The molecule has 1 aliphatic rings. The van der Waals surface area contributed by atoms with E-state index in [1.54, 1.807) is 11.3 Å². The van der Waals surface area contributed by atoms with Crippen LogP contribution in [0.25, 0.3) is 0 Å². The SMILES string of the molecule is CN1C(C(=O)NCc2cccs2)CC(c2cccs2)NS1(=O)=O. The summed E-state index contributed by atoms with van der Waals surface area (Å²) in [7, 11) is -2.24. The van der Waals surface area contributed by atoms with Gasteiger partial charge in [0, 0.05) is 16.8 Å². The van der Waals surface area contributed by atoms with Crippen molar-refractivity contribution >= 4 is 38.8 Å². The Kier molecular flexibility index (Phi) is 4.83. The van der Waals surface area contributed by atoms with Gasteiger partial charge in [-0.3, -0.25) is 4.79 Å². The van der Waals surface area contributed by atoms with Crippen molar-refractivity contribution in [3.8, 4) is 0 Å². The lowest BCUT2D eigenvalue weighted by atomic mass is 10.1. The van der Waals surface area contributed by atoms with E-state index in [9.17, 15) is 13.2 Å². The van der Waals surface area contributed by atoms with Crippen molar-refractivity contribution in [2.45, 2.75) is 25.0 Å². The van der Waals surface area contributed by atoms with Gasteiger partial charge >= 0.3 is 0 Å². The summed E-state index contributed by atoms with van der Waals surface area (Å²) in [6.07, 6.45) is 0.409. The van der Waals surface area contributed by atoms with Crippen molar-refractivity contribution in [1.29, 1.82) is 0 Å². The zero-order valence-electron chi connectivity index (χ0n) is 12.4. The molecule has 0 spiro atoms. The lowest BCUT2D eigenvalue weighted by Gasteiger charge is -2.35. The number of thiophene rings is 2. The van der Waals surface area contributed by atoms with Gasteiger partial charge in [0.25, 0.3) is 10.2 Å². The van der Waals surface area contributed by atoms with Gasteiger partial charge in [-0.05, 0) is 29.3 Å². The monoisotopic (exact) mass is 371 g/mol. The summed E-state index contributed by atoms with van der Waals surface area (Å²) < 4.78 is 28.3. The van der Waals surface area contributed by atoms with Gasteiger partial charge in [-0.25, -0.2) is 0 Å². The van der Waals surface area contributed by atoms with Crippen molar-refractivity contribution in [3.05, 3.63) is 44.8 Å². The Morgan fingerprint density at radius 3 is 2.74 bits per heavy atom. The highest BCUT2D eigenvalue weighted by molar-refractivity contribution is 7.87. The lowest BCUT2D eigenvalue weighted by Crippen LogP contribution is -2.56. The van der Waals surface area contributed by atoms with E-state index in [1.807, 2.05) is 35.0 Å². The molecule has 0 aliphatic carbocycles. The molecule has 1 saturated heterocycles. The maximum atomic E-state index is 12.5. The zero-order valence-corrected chi connectivity index (χ0v) is 14.9. The van der Waals surface area contributed by atoms with Crippen LogP contribution in [0.15, 0.2) is 35.0 Å². The Balaban J connectivity index is 1.74. The number of nitrogens with zero attached hydrogens (tertiary/aromatic N) is 1. The van der Waals surface area contributed by atoms with E-state index >= 15 is 0 Å². The predicted molar refractivity (Wildman–Crippen MR) is 91.4 cm³/mol. The minimum Gasteiger partial charge on any atom is -0.350 e. The van der Waals surface area contributed by atoms with Crippen LogP contribution in [0.2, 0.25) is 0 Å². The number of likely N-dealkylation sites (N-methyl/N-ethyl adjacent to an activating group) is 1. The molecule has 1 fully saturated rings. The van der Waals surface area contributed by atoms with Gasteiger partial charge in [-0.2, -0.15) is 17.4 Å². The Hall–Kier alpha value is -1.26. The van der Waals surface area contributed by atoms with Gasteiger partial charge in [0.2, 0.25) is 5.91 Å². The van der Waals surface area contributed by atoms with Crippen molar-refractivity contribution in [2.24, 2.45) is 0 Å². The molecule has 3 rings (SSSR count). The van der Waals surface area contributed by atoms with Crippen molar-refractivity contribution in [3.63, 3.8) is 0 Å². The third-order valence-corrected chi connectivity index (χ3v) is 7.23. The van der Waals surface area contributed by atoms with E-state index in [2.05, 4.69) is 10.0 Å². The highest BCUT2D eigenvalue weighted by atomic mass is 32.2. The maximum absolute atomic E-state index is 12.5. The average molecular weight is 372 g/mol. The number of amides is 1. The molecule has 9 heteroatoms. The molecule has 2 atom stereocenters. The molecule has 1 amide bonds. The van der Waals surface area contributed by atoms with Gasteiger partial charge in [-0.1, -0.05) is 12.1 Å². The fourth-order valence-electron chi connectivity index (χ4n) is 2.49. The summed E-state index contributed by atoms with van der Waals surface area (Å²) in [6, 6.07) is 6.52. The summed E-state index contributed by atoms with van der Waals surface area (Å²) in [6.45, 7) is 0.415. The normalized spacial score (nSPS) is 24.4. The van der Waals surface area contributed by atoms with Crippen LogP contribution in [0.4, 0.5) is 0 Å². The molecule has 2 N–H and O–H groups in total. The topological polar surface area (TPSA) is 78.5 Å². The number of carbonyl (C=O) groups is 1. The Labute approximate surface area is 143 Å². The largest absolute Gasteiger partial charge is 0.350 e. The number of carbonyl (C=O) groups excluding carboxylic acids is 1. The van der Waals surface area contributed by atoms with Crippen molar-refractivity contribution < 1.29 is 13.2 Å². The van der Waals surface area contributed by atoms with E-state index < -0.39 is 16.3 Å². The minimum absolute atomic E-state index is 0.271. The molecule has 0 bridgehead atoms. The summed E-state index contributed by atoms with van der Waals surface area (Å²) in [5, 5.41) is 6.67. The average Bonchev–Trinajstić information content (AvgIpc) is 3.20. The first kappa shape index (κ1) is 16.6. The van der Waals surface area contributed by atoms with Crippen LogP contribution in [0.1, 0.15) is 22.2 Å². The van der Waals surface area contributed by atoms with E-state index in [-0.39, 0.29) is 11.9 Å². The first-order valence-electron chi connectivity index (χ1n) is 7.06. The molecule has 2 aromatic heterocycles. The van der Waals surface area contributed by atoms with Crippen LogP contribution in [-0.2, 0) is 21.5 Å². The Morgan fingerprint density at radius 2 is 2.09 bits per heavy atom. The highest BCUT2D eigenvalue weighted by Crippen LogP contribution is 2.30. The van der Waals surface area contributed by atoms with E-state index in [1.165, 1.54) is 18.4 Å². The molecule has 1 aliphatic heterocycles. The quantitative estimate of drug-likeness (QED) is 0.859. The predicted octanol–water partition coefficient (Wildman–Crippen LogP) is 1.71. The Morgan fingerprint density at radius 1 is 1.35 bits per heavy atom. The highest BCUT2D eigenvalue weighted by Gasteiger charge is 2.40. The van der Waals surface area contributed by atoms with Gasteiger partial charge < -0.3 is 5.32 Å². The van der Waals surface area contributed by atoms with Crippen LogP contribution in [-0.4, -0.2) is 31.7 Å². The van der Waals surface area contributed by atoms with E-state index in [4.69, 9.17) is 0 Å². The molecule has 3 heterocycles. The van der Waals surface area contributed by atoms with Crippen molar-refractivity contribution in [2.75, 3.05) is 7.05 Å². The number of hydrogen-bond acceptors (Lipinski definition) is 5. The van der Waals surface area contributed by atoms with Crippen LogP contribution < -0.4 is 10.0 Å². The summed E-state index contributed by atoms with van der Waals surface area (Å²) in [4.78, 5) is 14.4. The molecule has 124 valence electrons. The minimum atomic E-state index is -3.67. The summed E-state index contributed by atoms with van der Waals surface area (Å²) in [5.41, 5.74) is 0. The first-order chi connectivity index (χ1) is 11.0. The molecular weight excluding hydrogens is 354 g/mol. The molecular formula is C14H17N3O3S3. The van der Waals surface area contributed by atoms with Crippen molar-refractivity contribution in [1.82, 2.24) is 14.3 Å². The smallest absolute Gasteiger partial charge is 0.280 e. The zero-order chi connectivity index (χ0) is 16.4. The van der Waals surface area contributed by atoms with Gasteiger partial charge in [0.05, 0.1) is 12.6 Å². The van der Waals surface area contributed by atoms with Crippen LogP contribution in [0.3, 0.4) is 0 Å². The summed E-state index contributed by atoms with van der Waals surface area (Å²) in [5.74, 6) is -0.271. The number of hydrogen-bond donors (Lipinski definition) is 2. The third-order valence-electron chi connectivity index (χ3n) is 3.77. The van der Waals surface area contributed by atoms with Gasteiger partial charge in [-0.15, -0.1) is 22.7 Å². The van der Waals surface area contributed by atoms with Gasteiger partial charge in [0.15, 0.2) is 0 Å². The fourth-order valence-corrected chi connectivity index (χ4v) is 5.27. The number of rotatable bonds is 4. The molecule has 0 saturated carbocycles. The number of nitrogens with one attached hydrogen (secondary N) is 2. The van der Waals surface area contributed by atoms with Crippen LogP contribution in [0.5, 0.6) is 0 Å². The third kappa shape index (κ3) is 3.64. The molecule has 2 aromatic rings. The molecule has 23 heavy (non-hydrogen) atoms. The second-order valence-corrected chi connectivity index (χ2v) is 9.03. The standard InChI is InChI=1S/C14H17N3O3S3/c1-17-12(14(18)15-9-10-4-2-6-21-10)8-11(16-23(17,19)20)13-5-3-7-22-13/h2-7,11-12,16H,8-9H2,1H3,(H,15,18). The van der Waals surface area contributed by atoms with E-state index in [0.717, 1.165) is 14.1 Å². The van der Waals surface area contributed by atoms with E-state index in [0.29, 0.717) is 13.0 Å². The van der Waals surface area contributed by atoms with Gasteiger partial charge in [0.1, 0.15) is 6.04 Å². The molecule has 2 unspecified atom stereocenters. The molecule has 0 radical (unpaired) electrons. The van der Waals surface area contributed by atoms with Crippen LogP contribution >= 0.6 is 22.7 Å². The maximum Gasteiger partial charge on any atom is 0.280 e. The second kappa shape index (κ2) is 6.70. The lowest BCUT2D eigenvalue weighted by molar-refractivity contribution is -0.125. The fraction of sp³-hybridized carbons (Fsp3) is 0.357. The Bertz CT molecular complexity index is 757. The summed E-state index contributed by atoms with van der Waals surface area (Å²) >= 11 is 3.03.